The number of hydrogen-bond acceptors (Lipinski definition) is 5. The summed E-state index contributed by atoms with van der Waals surface area (Å²) in [5, 5.41) is 0. The lowest BCUT2D eigenvalue weighted by molar-refractivity contribution is -0.158. The second-order valence-electron chi connectivity index (χ2n) is 6.65. The maximum absolute atomic E-state index is 12.6. The maximum atomic E-state index is 12.6. The molecule has 1 saturated carbocycles. The third-order valence-electron chi connectivity index (χ3n) is 5.31. The molecule has 1 heterocycles. The molecule has 3 aliphatic rings. The van der Waals surface area contributed by atoms with Crippen LogP contribution in [-0.4, -0.2) is 29.9 Å². The zero-order chi connectivity index (χ0) is 16.2. The molecule has 0 aromatic carbocycles. The highest BCUT2D eigenvalue weighted by Crippen LogP contribution is 2.54. The smallest absolute Gasteiger partial charge is 0.334 e. The van der Waals surface area contributed by atoms with Crippen LogP contribution < -0.4 is 0 Å². The molecule has 2 fully saturated rings. The van der Waals surface area contributed by atoms with E-state index >= 15 is 0 Å². The van der Waals surface area contributed by atoms with Crippen LogP contribution in [0.4, 0.5) is 0 Å². The highest BCUT2D eigenvalue weighted by atomic mass is 16.6. The molecule has 0 radical (unpaired) electrons. The van der Waals surface area contributed by atoms with E-state index < -0.39 is 35.5 Å². The van der Waals surface area contributed by atoms with E-state index in [1.54, 1.807) is 0 Å². The lowest BCUT2D eigenvalue weighted by Crippen LogP contribution is -2.47. The lowest BCUT2D eigenvalue weighted by Gasteiger charge is -2.37. The number of rotatable bonds is 1. The van der Waals surface area contributed by atoms with Gasteiger partial charge >= 0.3 is 11.9 Å². The molecule has 0 aromatic heterocycles. The van der Waals surface area contributed by atoms with Gasteiger partial charge in [-0.15, -0.1) is 0 Å². The van der Waals surface area contributed by atoms with Gasteiger partial charge in [-0.1, -0.05) is 25.2 Å². The normalized spacial score (nSPS) is 40.5. The Bertz CT molecular complexity index is 617. The summed E-state index contributed by atoms with van der Waals surface area (Å²) in [6.45, 7) is 8.97. The van der Waals surface area contributed by atoms with E-state index in [-0.39, 0.29) is 11.7 Å². The molecule has 2 aliphatic carbocycles. The highest BCUT2D eigenvalue weighted by molar-refractivity contribution is 5.95. The third kappa shape index (κ3) is 1.87. The van der Waals surface area contributed by atoms with Crippen molar-refractivity contribution < 1.29 is 23.9 Å². The number of hydrogen-bond donors (Lipinski definition) is 0. The molecule has 3 rings (SSSR count). The number of allylic oxidation sites excluding steroid dienone is 1. The van der Waals surface area contributed by atoms with Gasteiger partial charge in [0.25, 0.3) is 0 Å². The van der Waals surface area contributed by atoms with E-state index in [0.29, 0.717) is 18.4 Å². The third-order valence-corrected chi connectivity index (χ3v) is 5.31. The molecule has 1 saturated heterocycles. The van der Waals surface area contributed by atoms with Crippen molar-refractivity contribution >= 4 is 17.7 Å². The summed E-state index contributed by atoms with van der Waals surface area (Å²) in [6.07, 6.45) is 1.76. The minimum Gasteiger partial charge on any atom is -0.460 e. The van der Waals surface area contributed by atoms with E-state index in [9.17, 15) is 14.4 Å². The fraction of sp³-hybridized carbons (Fsp3) is 0.588. The minimum atomic E-state index is -0.901. The standard InChI is InChI=1S/C17H20O5/c1-8-7-12-14(9(2)16(20)22-12)15(21-10(3)18)17(4)11(8)5-6-13(17)19/h5,8,12,14-15H,2,6-7H2,1,3-4H3/t8-,12+,14-,15-,17+/m1/s1. The summed E-state index contributed by atoms with van der Waals surface area (Å²) >= 11 is 0. The summed E-state index contributed by atoms with van der Waals surface area (Å²) < 4.78 is 11.0. The van der Waals surface area contributed by atoms with E-state index in [1.807, 2.05) is 19.9 Å². The Morgan fingerprint density at radius 2 is 2.14 bits per heavy atom. The zero-order valence-corrected chi connectivity index (χ0v) is 13.0. The van der Waals surface area contributed by atoms with Crippen LogP contribution in [-0.2, 0) is 23.9 Å². The zero-order valence-electron chi connectivity index (χ0n) is 13.0. The van der Waals surface area contributed by atoms with Crippen molar-refractivity contribution in [1.29, 1.82) is 0 Å². The van der Waals surface area contributed by atoms with Crippen LogP contribution in [0.3, 0.4) is 0 Å². The van der Waals surface area contributed by atoms with Gasteiger partial charge in [-0.25, -0.2) is 4.79 Å². The molecule has 0 bridgehead atoms. The number of carbonyl (C=O) groups excluding carboxylic acids is 3. The van der Waals surface area contributed by atoms with Gasteiger partial charge in [0.1, 0.15) is 18.0 Å². The number of ketones is 1. The summed E-state index contributed by atoms with van der Waals surface area (Å²) in [5.74, 6) is -1.28. The van der Waals surface area contributed by atoms with Gasteiger partial charge in [0, 0.05) is 18.9 Å². The van der Waals surface area contributed by atoms with Crippen molar-refractivity contribution in [2.24, 2.45) is 17.3 Å². The van der Waals surface area contributed by atoms with Crippen LogP contribution in [0.25, 0.3) is 0 Å². The number of ether oxygens (including phenoxy) is 2. The van der Waals surface area contributed by atoms with Crippen LogP contribution in [0.15, 0.2) is 23.8 Å². The average Bonchev–Trinajstić information content (AvgIpc) is 2.84. The van der Waals surface area contributed by atoms with Crippen molar-refractivity contribution in [1.82, 2.24) is 0 Å². The number of fused-ring (bicyclic) bond motifs is 2. The van der Waals surface area contributed by atoms with E-state index in [4.69, 9.17) is 9.47 Å². The Morgan fingerprint density at radius 1 is 1.45 bits per heavy atom. The number of Topliss-reactive ketones (excluding diaryl/α,β-unsaturated/α-hetero) is 1. The molecule has 0 amide bonds. The second-order valence-corrected chi connectivity index (χ2v) is 6.65. The predicted octanol–water partition coefficient (Wildman–Crippen LogP) is 1.96. The van der Waals surface area contributed by atoms with Crippen LogP contribution >= 0.6 is 0 Å². The molecule has 5 heteroatoms. The van der Waals surface area contributed by atoms with Gasteiger partial charge in [0.2, 0.25) is 0 Å². The molecule has 5 atom stereocenters. The molecule has 0 spiro atoms. The van der Waals surface area contributed by atoms with Gasteiger partial charge in [0.15, 0.2) is 0 Å². The molecule has 22 heavy (non-hydrogen) atoms. The Balaban J connectivity index is 2.14. The molecule has 0 aromatic rings. The number of esters is 2. The van der Waals surface area contributed by atoms with E-state index in [0.717, 1.165) is 5.57 Å². The van der Waals surface area contributed by atoms with Crippen molar-refractivity contribution in [3.05, 3.63) is 23.8 Å². The van der Waals surface area contributed by atoms with Gasteiger partial charge in [-0.2, -0.15) is 0 Å². The summed E-state index contributed by atoms with van der Waals surface area (Å²) in [5.41, 5.74) is 0.383. The van der Waals surface area contributed by atoms with Crippen molar-refractivity contribution in [2.45, 2.75) is 45.8 Å². The fourth-order valence-corrected chi connectivity index (χ4v) is 4.25. The quantitative estimate of drug-likeness (QED) is 0.421. The molecule has 118 valence electrons. The Kier molecular flexibility index (Phi) is 3.27. The van der Waals surface area contributed by atoms with Crippen LogP contribution in [0, 0.1) is 17.3 Å². The van der Waals surface area contributed by atoms with Crippen molar-refractivity contribution in [3.8, 4) is 0 Å². The molecule has 1 aliphatic heterocycles. The Labute approximate surface area is 129 Å². The second kappa shape index (κ2) is 4.80. The average molecular weight is 304 g/mol. The van der Waals surface area contributed by atoms with Gasteiger partial charge in [-0.3, -0.25) is 9.59 Å². The topological polar surface area (TPSA) is 69.7 Å². The first-order chi connectivity index (χ1) is 10.3. The lowest BCUT2D eigenvalue weighted by atomic mass is 9.70. The molecule has 0 N–H and O–H groups in total. The SMILES string of the molecule is C=C1C(=O)O[C@H]2C[C@@H](C)C3=CCC(=O)[C@@]3(C)[C@H](OC(C)=O)[C@H]12. The van der Waals surface area contributed by atoms with E-state index in [2.05, 4.69) is 6.58 Å². The number of carbonyl (C=O) groups is 3. The largest absolute Gasteiger partial charge is 0.460 e. The van der Waals surface area contributed by atoms with Crippen molar-refractivity contribution in [3.63, 3.8) is 0 Å². The molecular formula is C17H20O5. The summed E-state index contributed by atoms with van der Waals surface area (Å²) in [6, 6.07) is 0. The fourth-order valence-electron chi connectivity index (χ4n) is 4.25. The van der Waals surface area contributed by atoms with Gasteiger partial charge in [0.05, 0.1) is 11.3 Å². The maximum Gasteiger partial charge on any atom is 0.334 e. The Morgan fingerprint density at radius 3 is 2.77 bits per heavy atom. The van der Waals surface area contributed by atoms with Gasteiger partial charge < -0.3 is 9.47 Å². The van der Waals surface area contributed by atoms with Crippen LogP contribution in [0.5, 0.6) is 0 Å². The van der Waals surface area contributed by atoms with Gasteiger partial charge in [-0.05, 0) is 19.3 Å². The first-order valence-corrected chi connectivity index (χ1v) is 7.57. The predicted molar refractivity (Wildman–Crippen MR) is 77.7 cm³/mol. The van der Waals surface area contributed by atoms with Crippen molar-refractivity contribution in [2.75, 3.05) is 0 Å². The molecule has 0 unspecified atom stereocenters. The minimum absolute atomic E-state index is 0.0217. The summed E-state index contributed by atoms with van der Waals surface area (Å²) in [4.78, 5) is 36.1. The summed E-state index contributed by atoms with van der Waals surface area (Å²) in [7, 11) is 0. The van der Waals surface area contributed by atoms with Crippen LogP contribution in [0.1, 0.15) is 33.6 Å². The first-order valence-electron chi connectivity index (χ1n) is 7.57. The molecule has 5 nitrogen and oxygen atoms in total. The molecular weight excluding hydrogens is 284 g/mol. The Hall–Kier alpha value is -1.91. The highest BCUT2D eigenvalue weighted by Gasteiger charge is 2.60. The van der Waals surface area contributed by atoms with E-state index in [1.165, 1.54) is 6.92 Å². The first kappa shape index (κ1) is 15.0. The van der Waals surface area contributed by atoms with Crippen LogP contribution in [0.2, 0.25) is 0 Å². The monoisotopic (exact) mass is 304 g/mol.